The van der Waals surface area contributed by atoms with E-state index in [1.165, 1.54) is 11.0 Å². The van der Waals surface area contributed by atoms with Gasteiger partial charge in [0.15, 0.2) is 0 Å². The number of rotatable bonds is 5. The van der Waals surface area contributed by atoms with Crippen LogP contribution in [0.3, 0.4) is 0 Å². The fourth-order valence-electron chi connectivity index (χ4n) is 4.38. The summed E-state index contributed by atoms with van der Waals surface area (Å²) in [5.74, 6) is -0.0653. The zero-order valence-corrected chi connectivity index (χ0v) is 17.9. The van der Waals surface area contributed by atoms with E-state index in [0.29, 0.717) is 29.2 Å². The molecule has 1 aliphatic rings. The number of pyridine rings is 1. The summed E-state index contributed by atoms with van der Waals surface area (Å²) < 4.78 is 1.39. The predicted octanol–water partition coefficient (Wildman–Crippen LogP) is 4.22. The molecule has 30 heavy (non-hydrogen) atoms. The summed E-state index contributed by atoms with van der Waals surface area (Å²) in [6, 6.07) is 13.6. The van der Waals surface area contributed by atoms with Gasteiger partial charge in [-0.2, -0.15) is 0 Å². The highest BCUT2D eigenvalue weighted by Gasteiger charge is 2.22. The van der Waals surface area contributed by atoms with Crippen LogP contribution < -0.4 is 5.56 Å². The van der Waals surface area contributed by atoms with E-state index in [0.717, 1.165) is 36.0 Å². The average molecular weight is 404 g/mol. The Balaban J connectivity index is 1.81. The fourth-order valence-corrected chi connectivity index (χ4v) is 4.38. The number of aromatic hydroxyl groups is 1. The molecule has 2 heterocycles. The number of hydrogen-bond donors (Lipinski definition) is 1. The van der Waals surface area contributed by atoms with Gasteiger partial charge in [0, 0.05) is 23.0 Å². The van der Waals surface area contributed by atoms with E-state index >= 15 is 0 Å². The summed E-state index contributed by atoms with van der Waals surface area (Å²) in [5, 5.41) is 12.4. The Labute approximate surface area is 177 Å². The van der Waals surface area contributed by atoms with E-state index in [9.17, 15) is 9.90 Å². The van der Waals surface area contributed by atoms with E-state index < -0.39 is 0 Å². The first-order valence-electron chi connectivity index (χ1n) is 10.7. The van der Waals surface area contributed by atoms with Gasteiger partial charge in [0.25, 0.3) is 5.56 Å². The molecule has 4 rings (SSSR count). The van der Waals surface area contributed by atoms with Gasteiger partial charge in [-0.1, -0.05) is 31.2 Å². The molecule has 0 radical (unpaired) electrons. The lowest BCUT2D eigenvalue weighted by molar-refractivity contribution is 0.273. The highest BCUT2D eigenvalue weighted by Crippen LogP contribution is 2.27. The lowest BCUT2D eigenvalue weighted by Crippen LogP contribution is -2.31. The third-order valence-electron chi connectivity index (χ3n) is 6.29. The molecule has 1 atom stereocenters. The molecule has 3 aromatic rings. The van der Waals surface area contributed by atoms with E-state index in [1.807, 2.05) is 56.3 Å². The molecule has 1 aromatic heterocycles. The largest absolute Gasteiger partial charge is 0.494 e. The Hall–Kier alpha value is -2.92. The smallest absolute Gasteiger partial charge is 0.265 e. The van der Waals surface area contributed by atoms with Crippen LogP contribution in [0.4, 0.5) is 0 Å². The number of likely N-dealkylation sites (N-methyl/N-ethyl adjacent to an activating group) is 1. The van der Waals surface area contributed by atoms with E-state index in [1.54, 1.807) is 6.21 Å². The van der Waals surface area contributed by atoms with Crippen LogP contribution in [0.15, 0.2) is 52.3 Å². The second-order valence-corrected chi connectivity index (χ2v) is 8.11. The van der Waals surface area contributed by atoms with Crippen molar-refractivity contribution in [1.29, 1.82) is 0 Å². The van der Waals surface area contributed by atoms with E-state index in [4.69, 9.17) is 0 Å². The zero-order chi connectivity index (χ0) is 21.3. The number of benzene rings is 2. The fraction of sp³-hybridized carbons (Fsp3) is 0.360. The summed E-state index contributed by atoms with van der Waals surface area (Å²) in [6.45, 7) is 9.08. The molecule has 1 aliphatic heterocycles. The minimum Gasteiger partial charge on any atom is -0.494 e. The standard InChI is InChI=1S/C25H29N3O2/c1-4-27-13-7-8-20(27)15-26-16-23-21-9-5-6-10-22(21)24(29)28(25(23)30)19-12-11-17(2)18(3)14-19/h5-6,9-12,14,16,20,30H,4,7-8,13,15H2,1-3H3. The van der Waals surface area contributed by atoms with Crippen molar-refractivity contribution in [2.24, 2.45) is 4.99 Å². The van der Waals surface area contributed by atoms with Gasteiger partial charge in [0.2, 0.25) is 5.88 Å². The molecule has 156 valence electrons. The Morgan fingerprint density at radius 3 is 2.63 bits per heavy atom. The number of fused-ring (bicyclic) bond motifs is 1. The number of aromatic nitrogens is 1. The number of nitrogens with zero attached hydrogens (tertiary/aromatic N) is 3. The quantitative estimate of drug-likeness (QED) is 0.649. The van der Waals surface area contributed by atoms with Crippen molar-refractivity contribution in [3.05, 3.63) is 69.5 Å². The molecule has 1 unspecified atom stereocenters. The molecule has 0 bridgehead atoms. The summed E-state index contributed by atoms with van der Waals surface area (Å²) in [4.78, 5) is 20.4. The van der Waals surface area contributed by atoms with Crippen molar-refractivity contribution in [2.45, 2.75) is 39.7 Å². The molecule has 1 N–H and O–H groups in total. The normalized spacial score (nSPS) is 17.4. The van der Waals surface area contributed by atoms with Crippen LogP contribution in [0.25, 0.3) is 16.5 Å². The molecule has 2 aromatic carbocycles. The summed E-state index contributed by atoms with van der Waals surface area (Å²) in [6.07, 6.45) is 4.10. The molecule has 5 nitrogen and oxygen atoms in total. The van der Waals surface area contributed by atoms with Crippen LogP contribution in [-0.4, -0.2) is 46.5 Å². The van der Waals surface area contributed by atoms with E-state index in [2.05, 4.69) is 16.8 Å². The molecule has 1 fully saturated rings. The van der Waals surface area contributed by atoms with Crippen LogP contribution in [-0.2, 0) is 0 Å². The van der Waals surface area contributed by atoms with Crippen LogP contribution in [0, 0.1) is 13.8 Å². The highest BCUT2D eigenvalue weighted by molar-refractivity contribution is 6.01. The third-order valence-corrected chi connectivity index (χ3v) is 6.29. The first-order chi connectivity index (χ1) is 14.5. The number of likely N-dealkylation sites (tertiary alicyclic amines) is 1. The maximum atomic E-state index is 13.2. The number of aliphatic imine (C=N–C) groups is 1. The minimum atomic E-state index is -0.226. The van der Waals surface area contributed by atoms with Crippen LogP contribution in [0.2, 0.25) is 0 Å². The van der Waals surface area contributed by atoms with E-state index in [-0.39, 0.29) is 11.4 Å². The summed E-state index contributed by atoms with van der Waals surface area (Å²) in [7, 11) is 0. The Kier molecular flexibility index (Phi) is 5.73. The Morgan fingerprint density at radius 1 is 1.13 bits per heavy atom. The molecule has 0 spiro atoms. The first-order valence-corrected chi connectivity index (χ1v) is 10.7. The predicted molar refractivity (Wildman–Crippen MR) is 123 cm³/mol. The van der Waals surface area contributed by atoms with Gasteiger partial charge >= 0.3 is 0 Å². The summed E-state index contributed by atoms with van der Waals surface area (Å²) >= 11 is 0. The van der Waals surface area contributed by atoms with Gasteiger partial charge in [0.1, 0.15) is 0 Å². The topological polar surface area (TPSA) is 57.8 Å². The second kappa shape index (κ2) is 8.44. The van der Waals surface area contributed by atoms with Gasteiger partial charge in [-0.05, 0) is 69.1 Å². The maximum Gasteiger partial charge on any atom is 0.265 e. The second-order valence-electron chi connectivity index (χ2n) is 8.11. The summed E-state index contributed by atoms with van der Waals surface area (Å²) in [5.41, 5.74) is 3.24. The molecule has 0 aliphatic carbocycles. The molecular weight excluding hydrogens is 374 g/mol. The SMILES string of the molecule is CCN1CCCC1CN=Cc1c(O)n(-c2ccc(C)c(C)c2)c(=O)c2ccccc12. The van der Waals surface area contributed by atoms with Gasteiger partial charge in [-0.25, -0.2) is 4.57 Å². The molecule has 0 saturated carbocycles. The van der Waals surface area contributed by atoms with Gasteiger partial charge in [0.05, 0.1) is 17.8 Å². The maximum absolute atomic E-state index is 13.2. The van der Waals surface area contributed by atoms with Crippen LogP contribution >= 0.6 is 0 Å². The third kappa shape index (κ3) is 3.65. The Bertz CT molecular complexity index is 1160. The highest BCUT2D eigenvalue weighted by atomic mass is 16.3. The molecule has 5 heteroatoms. The van der Waals surface area contributed by atoms with Gasteiger partial charge < -0.3 is 5.11 Å². The monoisotopic (exact) mass is 403 g/mol. The zero-order valence-electron chi connectivity index (χ0n) is 17.9. The number of aryl methyl sites for hydroxylation is 2. The van der Waals surface area contributed by atoms with Crippen molar-refractivity contribution in [3.8, 4) is 11.6 Å². The molecule has 0 amide bonds. The van der Waals surface area contributed by atoms with Crippen molar-refractivity contribution in [3.63, 3.8) is 0 Å². The van der Waals surface area contributed by atoms with Crippen molar-refractivity contribution in [1.82, 2.24) is 9.47 Å². The molecular formula is C25H29N3O2. The molecule has 1 saturated heterocycles. The average Bonchev–Trinajstić information content (AvgIpc) is 3.20. The van der Waals surface area contributed by atoms with Crippen molar-refractivity contribution in [2.75, 3.05) is 19.6 Å². The van der Waals surface area contributed by atoms with Crippen molar-refractivity contribution < 1.29 is 5.11 Å². The van der Waals surface area contributed by atoms with Crippen LogP contribution in [0.5, 0.6) is 5.88 Å². The van der Waals surface area contributed by atoms with Gasteiger partial charge in [-0.15, -0.1) is 0 Å². The first kappa shape index (κ1) is 20.4. The van der Waals surface area contributed by atoms with Gasteiger partial charge in [-0.3, -0.25) is 14.7 Å². The Morgan fingerprint density at radius 2 is 1.90 bits per heavy atom. The van der Waals surface area contributed by atoms with Crippen molar-refractivity contribution >= 4 is 17.0 Å². The van der Waals surface area contributed by atoms with Crippen LogP contribution in [0.1, 0.15) is 36.5 Å². The number of hydrogen-bond acceptors (Lipinski definition) is 4. The lowest BCUT2D eigenvalue weighted by atomic mass is 10.1. The minimum absolute atomic E-state index is 0.0653. The lowest BCUT2D eigenvalue weighted by Gasteiger charge is -2.20.